The van der Waals surface area contributed by atoms with Crippen LogP contribution in [-0.4, -0.2) is 17.6 Å². The van der Waals surface area contributed by atoms with Crippen molar-refractivity contribution in [3.05, 3.63) is 57.5 Å². The Bertz CT molecular complexity index is 649. The Balaban J connectivity index is 1.97. The van der Waals surface area contributed by atoms with Crippen LogP contribution < -0.4 is 10.1 Å². The number of amides is 1. The molecule has 0 aromatic heterocycles. The molecule has 0 aliphatic carbocycles. The van der Waals surface area contributed by atoms with Crippen LogP contribution >= 0.6 is 27.5 Å². The van der Waals surface area contributed by atoms with Gasteiger partial charge in [-0.3, -0.25) is 4.79 Å². The number of carbonyl (C=O) groups is 1. The van der Waals surface area contributed by atoms with Gasteiger partial charge in [0.25, 0.3) is 5.91 Å². The first-order valence-corrected chi connectivity index (χ1v) is 7.33. The Morgan fingerprint density at radius 2 is 2.05 bits per heavy atom. The SMILES string of the molecule is O=C(COc1ccc(Br)cc1CO)Nc1ccccc1Cl. The zero-order chi connectivity index (χ0) is 15.2. The van der Waals surface area contributed by atoms with Crippen molar-refractivity contribution in [1.29, 1.82) is 0 Å². The summed E-state index contributed by atoms with van der Waals surface area (Å²) in [7, 11) is 0. The number of hydrogen-bond donors (Lipinski definition) is 2. The summed E-state index contributed by atoms with van der Waals surface area (Å²) < 4.78 is 6.25. The molecular formula is C15H13BrClNO3. The minimum atomic E-state index is -0.324. The van der Waals surface area contributed by atoms with Gasteiger partial charge >= 0.3 is 0 Å². The average molecular weight is 371 g/mol. The maximum absolute atomic E-state index is 11.8. The quantitative estimate of drug-likeness (QED) is 0.845. The second-order valence-electron chi connectivity index (χ2n) is 4.23. The number of benzene rings is 2. The van der Waals surface area contributed by atoms with Crippen LogP contribution in [0.4, 0.5) is 5.69 Å². The van der Waals surface area contributed by atoms with Crippen LogP contribution in [-0.2, 0) is 11.4 Å². The highest BCUT2D eigenvalue weighted by Gasteiger charge is 2.09. The first kappa shape index (κ1) is 15.8. The fourth-order valence-corrected chi connectivity index (χ4v) is 2.30. The number of ether oxygens (including phenoxy) is 1. The lowest BCUT2D eigenvalue weighted by Crippen LogP contribution is -2.20. The highest BCUT2D eigenvalue weighted by atomic mass is 79.9. The van der Waals surface area contributed by atoms with Gasteiger partial charge in [0.2, 0.25) is 0 Å². The Morgan fingerprint density at radius 1 is 1.29 bits per heavy atom. The van der Waals surface area contributed by atoms with Crippen LogP contribution in [0.5, 0.6) is 5.75 Å². The summed E-state index contributed by atoms with van der Waals surface area (Å²) in [5.74, 6) is 0.143. The molecule has 0 saturated carbocycles. The fourth-order valence-electron chi connectivity index (χ4n) is 1.70. The third kappa shape index (κ3) is 4.46. The van der Waals surface area contributed by atoms with E-state index in [1.807, 2.05) is 0 Å². The van der Waals surface area contributed by atoms with Gasteiger partial charge in [0.1, 0.15) is 5.75 Å². The molecule has 21 heavy (non-hydrogen) atoms. The van der Waals surface area contributed by atoms with Gasteiger partial charge in [-0.25, -0.2) is 0 Å². The van der Waals surface area contributed by atoms with Crippen molar-refractivity contribution in [3.8, 4) is 5.75 Å². The monoisotopic (exact) mass is 369 g/mol. The molecule has 0 radical (unpaired) electrons. The molecule has 0 bridgehead atoms. The molecule has 2 rings (SSSR count). The average Bonchev–Trinajstić information content (AvgIpc) is 2.48. The van der Waals surface area contributed by atoms with Gasteiger partial charge in [-0.15, -0.1) is 0 Å². The summed E-state index contributed by atoms with van der Waals surface area (Å²) in [6.45, 7) is -0.333. The van der Waals surface area contributed by atoms with Crippen LogP contribution in [0, 0.1) is 0 Å². The van der Waals surface area contributed by atoms with Gasteiger partial charge < -0.3 is 15.2 Å². The van der Waals surface area contributed by atoms with Crippen LogP contribution in [0.1, 0.15) is 5.56 Å². The Morgan fingerprint density at radius 3 is 2.76 bits per heavy atom. The van der Waals surface area contributed by atoms with E-state index in [2.05, 4.69) is 21.2 Å². The summed E-state index contributed by atoms with van der Waals surface area (Å²) in [6, 6.07) is 12.2. The summed E-state index contributed by atoms with van der Waals surface area (Å²) in [6.07, 6.45) is 0. The van der Waals surface area contributed by atoms with Gasteiger partial charge in [0, 0.05) is 10.0 Å². The standard InChI is InChI=1S/C15H13BrClNO3/c16-11-5-6-14(10(7-11)8-19)21-9-15(20)18-13-4-2-1-3-12(13)17/h1-7,19H,8-9H2,(H,18,20). The first-order valence-electron chi connectivity index (χ1n) is 6.16. The lowest BCUT2D eigenvalue weighted by atomic mass is 10.2. The van der Waals surface area contributed by atoms with Crippen LogP contribution in [0.3, 0.4) is 0 Å². The fraction of sp³-hybridized carbons (Fsp3) is 0.133. The van der Waals surface area contributed by atoms with E-state index in [4.69, 9.17) is 16.3 Å². The topological polar surface area (TPSA) is 58.6 Å². The minimum Gasteiger partial charge on any atom is -0.483 e. The first-order chi connectivity index (χ1) is 10.1. The zero-order valence-electron chi connectivity index (χ0n) is 11.0. The van der Waals surface area contributed by atoms with Gasteiger partial charge in [-0.2, -0.15) is 0 Å². The minimum absolute atomic E-state index is 0.166. The second kappa shape index (κ2) is 7.45. The predicted octanol–water partition coefficient (Wildman–Crippen LogP) is 3.61. The number of anilines is 1. The molecule has 0 spiro atoms. The number of aliphatic hydroxyl groups is 1. The molecule has 110 valence electrons. The van der Waals surface area contributed by atoms with E-state index in [0.717, 1.165) is 4.47 Å². The maximum Gasteiger partial charge on any atom is 0.262 e. The highest BCUT2D eigenvalue weighted by molar-refractivity contribution is 9.10. The molecule has 0 heterocycles. The second-order valence-corrected chi connectivity index (χ2v) is 5.55. The molecule has 0 fully saturated rings. The molecule has 2 aromatic carbocycles. The number of rotatable bonds is 5. The molecule has 2 aromatic rings. The largest absolute Gasteiger partial charge is 0.483 e. The van der Waals surface area contributed by atoms with Crippen LogP contribution in [0.15, 0.2) is 46.9 Å². The number of nitrogens with one attached hydrogen (secondary N) is 1. The summed E-state index contributed by atoms with van der Waals surface area (Å²) in [5, 5.41) is 12.4. The van der Waals surface area contributed by atoms with E-state index < -0.39 is 0 Å². The summed E-state index contributed by atoms with van der Waals surface area (Å²) >= 11 is 9.27. The number of carbonyl (C=O) groups excluding carboxylic acids is 1. The molecule has 0 aliphatic rings. The van der Waals surface area contributed by atoms with Gasteiger partial charge in [-0.1, -0.05) is 39.7 Å². The normalized spacial score (nSPS) is 10.2. The highest BCUT2D eigenvalue weighted by Crippen LogP contribution is 2.24. The van der Waals surface area contributed by atoms with E-state index in [1.54, 1.807) is 42.5 Å². The maximum atomic E-state index is 11.8. The van der Waals surface area contributed by atoms with Gasteiger partial charge in [-0.05, 0) is 30.3 Å². The van der Waals surface area contributed by atoms with Gasteiger partial charge in [0.05, 0.1) is 17.3 Å². The van der Waals surface area contributed by atoms with E-state index >= 15 is 0 Å². The van der Waals surface area contributed by atoms with Crippen LogP contribution in [0.2, 0.25) is 5.02 Å². The van der Waals surface area contributed by atoms with Crippen molar-refractivity contribution >= 4 is 39.1 Å². The van der Waals surface area contributed by atoms with E-state index in [1.165, 1.54) is 0 Å². The van der Waals surface area contributed by atoms with E-state index in [9.17, 15) is 9.90 Å². The molecule has 0 atom stereocenters. The lowest BCUT2D eigenvalue weighted by molar-refractivity contribution is -0.118. The number of halogens is 2. The molecule has 1 amide bonds. The predicted molar refractivity (Wildman–Crippen MR) is 85.6 cm³/mol. The molecule has 2 N–H and O–H groups in total. The molecule has 0 aliphatic heterocycles. The van der Waals surface area contributed by atoms with Crippen molar-refractivity contribution < 1.29 is 14.6 Å². The molecule has 0 unspecified atom stereocenters. The lowest BCUT2D eigenvalue weighted by Gasteiger charge is -2.11. The number of para-hydroxylation sites is 1. The van der Waals surface area contributed by atoms with Crippen molar-refractivity contribution in [1.82, 2.24) is 0 Å². The van der Waals surface area contributed by atoms with Crippen molar-refractivity contribution in [2.45, 2.75) is 6.61 Å². The third-order valence-electron chi connectivity index (χ3n) is 2.70. The number of hydrogen-bond acceptors (Lipinski definition) is 3. The van der Waals surface area contributed by atoms with Gasteiger partial charge in [0.15, 0.2) is 6.61 Å². The Labute approximate surface area is 135 Å². The Kier molecular flexibility index (Phi) is 5.61. The van der Waals surface area contributed by atoms with Crippen molar-refractivity contribution in [2.75, 3.05) is 11.9 Å². The Hall–Kier alpha value is -1.56. The summed E-state index contributed by atoms with van der Waals surface area (Å²) in [5.41, 5.74) is 1.14. The molecular weight excluding hydrogens is 358 g/mol. The third-order valence-corrected chi connectivity index (χ3v) is 3.52. The smallest absolute Gasteiger partial charge is 0.262 e. The zero-order valence-corrected chi connectivity index (χ0v) is 13.3. The number of aliphatic hydroxyl groups excluding tert-OH is 1. The van der Waals surface area contributed by atoms with Crippen molar-refractivity contribution in [2.24, 2.45) is 0 Å². The van der Waals surface area contributed by atoms with E-state index in [0.29, 0.717) is 22.0 Å². The van der Waals surface area contributed by atoms with Crippen LogP contribution in [0.25, 0.3) is 0 Å². The molecule has 6 heteroatoms. The summed E-state index contributed by atoms with van der Waals surface area (Å²) in [4.78, 5) is 11.8. The van der Waals surface area contributed by atoms with E-state index in [-0.39, 0.29) is 19.1 Å². The van der Waals surface area contributed by atoms with Crippen molar-refractivity contribution in [3.63, 3.8) is 0 Å². The molecule has 4 nitrogen and oxygen atoms in total. The molecule has 0 saturated heterocycles.